The van der Waals surface area contributed by atoms with E-state index in [1.54, 1.807) is 0 Å². The van der Waals surface area contributed by atoms with Crippen LogP contribution in [0.3, 0.4) is 0 Å². The first kappa shape index (κ1) is 15.8. The topological polar surface area (TPSA) is 47.6 Å². The van der Waals surface area contributed by atoms with Gasteiger partial charge < -0.3 is 9.05 Å². The van der Waals surface area contributed by atoms with Gasteiger partial charge in [0.05, 0.1) is 5.37 Å². The van der Waals surface area contributed by atoms with Crippen molar-refractivity contribution in [2.24, 2.45) is 5.92 Å². The van der Waals surface area contributed by atoms with Crippen molar-refractivity contribution in [2.75, 3.05) is 14.2 Å². The smallest absolute Gasteiger partial charge is 0.311 e. The van der Waals surface area contributed by atoms with Crippen LogP contribution < -0.4 is 5.32 Å². The molecule has 112 valence electrons. The lowest BCUT2D eigenvalue weighted by Gasteiger charge is -2.39. The molecule has 1 heterocycles. The lowest BCUT2D eigenvalue weighted by atomic mass is 9.88. The Morgan fingerprint density at radius 3 is 2.26 bits per heavy atom. The van der Waals surface area contributed by atoms with Crippen LogP contribution in [-0.4, -0.2) is 30.1 Å². The molecule has 1 aliphatic heterocycles. The Hall–Kier alpha value is 0.460. The van der Waals surface area contributed by atoms with Crippen molar-refractivity contribution in [1.29, 1.82) is 0 Å². The SMILES string of the molecule is COP(=O)(OC)[C@H]1N[C@@H](C(C)C)SC12CCCCC2. The van der Waals surface area contributed by atoms with Gasteiger partial charge in [-0.2, -0.15) is 0 Å². The molecule has 0 aromatic rings. The Kier molecular flexibility index (Phi) is 5.06. The van der Waals surface area contributed by atoms with E-state index in [0.29, 0.717) is 11.3 Å². The number of nitrogens with one attached hydrogen (secondary N) is 1. The van der Waals surface area contributed by atoms with Gasteiger partial charge in [-0.05, 0) is 18.8 Å². The maximum atomic E-state index is 12.9. The maximum absolute atomic E-state index is 12.9. The normalized spacial score (nSPS) is 31.2. The van der Waals surface area contributed by atoms with E-state index in [1.165, 1.54) is 33.5 Å². The van der Waals surface area contributed by atoms with Crippen LogP contribution in [0.1, 0.15) is 46.0 Å². The van der Waals surface area contributed by atoms with Crippen molar-refractivity contribution in [3.8, 4) is 0 Å². The number of thioether (sulfide) groups is 1. The van der Waals surface area contributed by atoms with Crippen molar-refractivity contribution < 1.29 is 13.6 Å². The molecule has 2 rings (SSSR count). The van der Waals surface area contributed by atoms with E-state index in [2.05, 4.69) is 19.2 Å². The average Bonchev–Trinajstić information content (AvgIpc) is 2.79. The number of hydrogen-bond acceptors (Lipinski definition) is 5. The Balaban J connectivity index is 2.29. The zero-order valence-corrected chi connectivity index (χ0v) is 14.1. The van der Waals surface area contributed by atoms with Gasteiger partial charge in [0.25, 0.3) is 0 Å². The zero-order valence-electron chi connectivity index (χ0n) is 12.3. The minimum Gasteiger partial charge on any atom is -0.311 e. The first-order valence-electron chi connectivity index (χ1n) is 7.12. The number of rotatable bonds is 4. The molecule has 1 saturated heterocycles. The summed E-state index contributed by atoms with van der Waals surface area (Å²) in [6.45, 7) is 4.40. The highest BCUT2D eigenvalue weighted by Gasteiger charge is 2.57. The highest BCUT2D eigenvalue weighted by molar-refractivity contribution is 8.02. The second-order valence-corrected chi connectivity index (χ2v) is 9.77. The first-order valence-corrected chi connectivity index (χ1v) is 9.61. The molecule has 0 aromatic carbocycles. The van der Waals surface area contributed by atoms with E-state index in [0.717, 1.165) is 12.8 Å². The third-order valence-corrected chi connectivity index (χ3v) is 8.83. The van der Waals surface area contributed by atoms with Gasteiger partial charge in [0, 0.05) is 19.0 Å². The van der Waals surface area contributed by atoms with Crippen LogP contribution >= 0.6 is 19.4 Å². The predicted octanol–water partition coefficient (Wildman–Crippen LogP) is 3.82. The van der Waals surface area contributed by atoms with E-state index in [9.17, 15) is 4.57 Å². The summed E-state index contributed by atoms with van der Waals surface area (Å²) in [6.07, 6.45) is 5.92. The van der Waals surface area contributed by atoms with Crippen LogP contribution in [-0.2, 0) is 13.6 Å². The molecule has 2 aliphatic rings. The fraction of sp³-hybridized carbons (Fsp3) is 1.00. The quantitative estimate of drug-likeness (QED) is 0.800. The highest BCUT2D eigenvalue weighted by Crippen LogP contribution is 2.64. The molecule has 2 atom stereocenters. The van der Waals surface area contributed by atoms with Crippen LogP contribution in [0.5, 0.6) is 0 Å². The third kappa shape index (κ3) is 2.91. The maximum Gasteiger partial charge on any atom is 0.348 e. The van der Waals surface area contributed by atoms with Gasteiger partial charge >= 0.3 is 7.60 Å². The fourth-order valence-electron chi connectivity index (χ4n) is 3.19. The van der Waals surface area contributed by atoms with Crippen molar-refractivity contribution in [2.45, 2.75) is 61.9 Å². The summed E-state index contributed by atoms with van der Waals surface area (Å²) in [7, 11) is -0.0799. The van der Waals surface area contributed by atoms with Gasteiger partial charge in [-0.3, -0.25) is 9.88 Å². The molecule has 0 unspecified atom stereocenters. The molecule has 0 amide bonds. The molecule has 1 spiro atoms. The van der Waals surface area contributed by atoms with Crippen molar-refractivity contribution in [3.63, 3.8) is 0 Å². The molecule has 0 radical (unpaired) electrons. The summed E-state index contributed by atoms with van der Waals surface area (Å²) in [4.78, 5) is 0. The summed E-state index contributed by atoms with van der Waals surface area (Å²) in [5.41, 5.74) is 0. The summed E-state index contributed by atoms with van der Waals surface area (Å²) in [6, 6.07) is 0. The molecule has 2 fully saturated rings. The van der Waals surface area contributed by atoms with E-state index in [1.807, 2.05) is 11.8 Å². The van der Waals surface area contributed by atoms with Crippen LogP contribution in [0.25, 0.3) is 0 Å². The molecule has 4 nitrogen and oxygen atoms in total. The minimum atomic E-state index is -3.07. The van der Waals surface area contributed by atoms with Gasteiger partial charge in [0.2, 0.25) is 0 Å². The lowest BCUT2D eigenvalue weighted by Crippen LogP contribution is -2.44. The van der Waals surface area contributed by atoms with Crippen molar-refractivity contribution in [3.05, 3.63) is 0 Å². The Morgan fingerprint density at radius 1 is 1.21 bits per heavy atom. The second-order valence-electron chi connectivity index (χ2n) is 5.88. The van der Waals surface area contributed by atoms with E-state index >= 15 is 0 Å². The lowest BCUT2D eigenvalue weighted by molar-refractivity contribution is 0.239. The Morgan fingerprint density at radius 2 is 1.79 bits per heavy atom. The predicted molar refractivity (Wildman–Crippen MR) is 80.6 cm³/mol. The molecule has 19 heavy (non-hydrogen) atoms. The van der Waals surface area contributed by atoms with Gasteiger partial charge in [0.15, 0.2) is 0 Å². The molecule has 6 heteroatoms. The Bertz CT molecular complexity index is 350. The van der Waals surface area contributed by atoms with Gasteiger partial charge in [-0.25, -0.2) is 0 Å². The number of hydrogen-bond donors (Lipinski definition) is 1. The summed E-state index contributed by atoms with van der Waals surface area (Å²) in [5.74, 6) is 0.337. The first-order chi connectivity index (χ1) is 8.97. The van der Waals surface area contributed by atoms with Gasteiger partial charge in [-0.1, -0.05) is 33.1 Å². The van der Waals surface area contributed by atoms with E-state index < -0.39 is 7.60 Å². The summed E-state index contributed by atoms with van der Waals surface area (Å²) in [5, 5.41) is 3.88. The summed E-state index contributed by atoms with van der Waals surface area (Å²) < 4.78 is 23.5. The monoisotopic (exact) mass is 307 g/mol. The summed E-state index contributed by atoms with van der Waals surface area (Å²) >= 11 is 1.96. The van der Waals surface area contributed by atoms with Crippen LogP contribution in [0, 0.1) is 5.92 Å². The molecule has 1 N–H and O–H groups in total. The van der Waals surface area contributed by atoms with E-state index in [-0.39, 0.29) is 10.5 Å². The van der Waals surface area contributed by atoms with Gasteiger partial charge in [0.1, 0.15) is 5.78 Å². The molecular weight excluding hydrogens is 281 g/mol. The molecular formula is C13H26NO3PS. The van der Waals surface area contributed by atoms with E-state index in [4.69, 9.17) is 9.05 Å². The van der Waals surface area contributed by atoms with Crippen molar-refractivity contribution >= 4 is 19.4 Å². The van der Waals surface area contributed by atoms with Crippen molar-refractivity contribution in [1.82, 2.24) is 5.32 Å². The van der Waals surface area contributed by atoms with Crippen LogP contribution in [0.4, 0.5) is 0 Å². The largest absolute Gasteiger partial charge is 0.348 e. The highest BCUT2D eigenvalue weighted by atomic mass is 32.2. The zero-order chi connectivity index (χ0) is 14.1. The molecule has 1 saturated carbocycles. The van der Waals surface area contributed by atoms with Crippen LogP contribution in [0.2, 0.25) is 0 Å². The molecule has 1 aliphatic carbocycles. The standard InChI is InChI=1S/C13H26NO3PS/c1-10(2)11-14-12(18(15,16-3)17-4)13(19-11)8-6-5-7-9-13/h10-12,14H,5-9H2,1-4H3/t11-,12-/m1/s1. The third-order valence-electron chi connectivity index (χ3n) is 4.31. The van der Waals surface area contributed by atoms with Gasteiger partial charge in [-0.15, -0.1) is 11.8 Å². The molecule has 0 bridgehead atoms. The fourth-order valence-corrected chi connectivity index (χ4v) is 7.32. The Labute approximate surface area is 120 Å². The molecule has 0 aromatic heterocycles. The van der Waals surface area contributed by atoms with Crippen LogP contribution in [0.15, 0.2) is 0 Å². The minimum absolute atomic E-state index is 0.0226. The second kappa shape index (κ2) is 6.07. The average molecular weight is 307 g/mol.